The average molecular weight is 325 g/mol. The fourth-order valence-electron chi connectivity index (χ4n) is 1.46. The van der Waals surface area contributed by atoms with Gasteiger partial charge in [0.25, 0.3) is 0 Å². The number of methoxy groups -OCH3 is 1. The lowest BCUT2D eigenvalue weighted by atomic mass is 10.1. The van der Waals surface area contributed by atoms with E-state index in [0.29, 0.717) is 18.1 Å². The van der Waals surface area contributed by atoms with E-state index >= 15 is 0 Å². The van der Waals surface area contributed by atoms with E-state index in [4.69, 9.17) is 0 Å². The van der Waals surface area contributed by atoms with Crippen LogP contribution >= 0.6 is 36.2 Å². The van der Waals surface area contributed by atoms with Crippen molar-refractivity contribution in [3.05, 3.63) is 0 Å². The Labute approximate surface area is 130 Å². The van der Waals surface area contributed by atoms with Crippen molar-refractivity contribution < 1.29 is 14.3 Å². The predicted octanol–water partition coefficient (Wildman–Crippen LogP) is 3.42. The topological polar surface area (TPSA) is 43.4 Å². The molecule has 3 nitrogen and oxygen atoms in total. The lowest BCUT2D eigenvalue weighted by Crippen LogP contribution is -2.04. The summed E-state index contributed by atoms with van der Waals surface area (Å²) in [5.41, 5.74) is 0. The Kier molecular flexibility index (Phi) is 13.3. The van der Waals surface area contributed by atoms with Gasteiger partial charge in [-0.3, -0.25) is 9.59 Å². The fourth-order valence-corrected chi connectivity index (χ4v) is 3.34. The van der Waals surface area contributed by atoms with Gasteiger partial charge in [0.2, 0.25) is 0 Å². The van der Waals surface area contributed by atoms with Crippen molar-refractivity contribution in [2.45, 2.75) is 43.8 Å². The molecule has 0 saturated carbocycles. The van der Waals surface area contributed by atoms with E-state index in [0.717, 1.165) is 37.2 Å². The van der Waals surface area contributed by atoms with Crippen molar-refractivity contribution in [2.24, 2.45) is 0 Å². The maximum atomic E-state index is 11.4. The first-order valence-corrected chi connectivity index (χ1v) is 9.39. The van der Waals surface area contributed by atoms with Crippen molar-refractivity contribution in [3.8, 4) is 0 Å². The van der Waals surface area contributed by atoms with E-state index in [1.807, 2.05) is 6.26 Å². The highest BCUT2D eigenvalue weighted by atomic mass is 32.2. The van der Waals surface area contributed by atoms with Crippen LogP contribution in [0.5, 0.6) is 0 Å². The second-order valence-electron chi connectivity index (χ2n) is 4.23. The third kappa shape index (κ3) is 12.9. The van der Waals surface area contributed by atoms with E-state index in [-0.39, 0.29) is 11.1 Å². The molecule has 6 heteroatoms. The van der Waals surface area contributed by atoms with Gasteiger partial charge in [0.15, 0.2) is 5.12 Å². The standard InChI is InChI=1S/C13H24O3S3/c1-16-12(14)6-4-3-5-11(17)7-10-19-13(15)8-9-18-2/h11,17H,3-10H2,1-2H3. The van der Waals surface area contributed by atoms with Crippen LogP contribution in [0.25, 0.3) is 0 Å². The normalized spacial score (nSPS) is 12.2. The monoisotopic (exact) mass is 324 g/mol. The molecule has 0 aromatic heterocycles. The molecule has 0 spiro atoms. The maximum Gasteiger partial charge on any atom is 0.305 e. The van der Waals surface area contributed by atoms with Crippen LogP contribution in [0.4, 0.5) is 0 Å². The molecule has 0 aliphatic heterocycles. The van der Waals surface area contributed by atoms with E-state index in [1.165, 1.54) is 18.9 Å². The molecule has 0 N–H and O–H groups in total. The predicted molar refractivity (Wildman–Crippen MR) is 88.3 cm³/mol. The third-order valence-corrected chi connectivity index (χ3v) is 4.72. The highest BCUT2D eigenvalue weighted by molar-refractivity contribution is 8.13. The van der Waals surface area contributed by atoms with Gasteiger partial charge in [-0.1, -0.05) is 18.2 Å². The van der Waals surface area contributed by atoms with Gasteiger partial charge in [-0.15, -0.1) is 0 Å². The minimum Gasteiger partial charge on any atom is -0.469 e. The number of carbonyl (C=O) groups is 2. The van der Waals surface area contributed by atoms with Gasteiger partial charge in [-0.2, -0.15) is 24.4 Å². The van der Waals surface area contributed by atoms with Gasteiger partial charge < -0.3 is 4.74 Å². The number of thiol groups is 1. The van der Waals surface area contributed by atoms with Crippen LogP contribution in [-0.4, -0.2) is 41.2 Å². The molecule has 0 radical (unpaired) electrons. The number of ether oxygens (including phenoxy) is 1. The zero-order chi connectivity index (χ0) is 14.5. The van der Waals surface area contributed by atoms with Crippen molar-refractivity contribution in [1.82, 2.24) is 0 Å². The second-order valence-corrected chi connectivity index (χ2v) is 7.10. The summed E-state index contributed by atoms with van der Waals surface area (Å²) in [6.45, 7) is 0. The van der Waals surface area contributed by atoms with Crippen LogP contribution in [-0.2, 0) is 14.3 Å². The summed E-state index contributed by atoms with van der Waals surface area (Å²) in [6.07, 6.45) is 6.91. The summed E-state index contributed by atoms with van der Waals surface area (Å²) in [4.78, 5) is 22.3. The smallest absolute Gasteiger partial charge is 0.305 e. The lowest BCUT2D eigenvalue weighted by molar-refractivity contribution is -0.140. The molecule has 0 aromatic rings. The first-order valence-electron chi connectivity index (χ1n) is 6.49. The quantitative estimate of drug-likeness (QED) is 0.358. The molecule has 19 heavy (non-hydrogen) atoms. The number of unbranched alkanes of at least 4 members (excludes halogenated alkanes) is 1. The number of esters is 1. The molecule has 0 aliphatic carbocycles. The number of rotatable bonds is 11. The van der Waals surface area contributed by atoms with E-state index in [1.54, 1.807) is 11.8 Å². The number of hydrogen-bond donors (Lipinski definition) is 1. The molecular weight excluding hydrogens is 300 g/mol. The van der Waals surface area contributed by atoms with Gasteiger partial charge in [-0.25, -0.2) is 0 Å². The first-order chi connectivity index (χ1) is 9.10. The van der Waals surface area contributed by atoms with E-state index in [2.05, 4.69) is 17.4 Å². The van der Waals surface area contributed by atoms with Gasteiger partial charge in [0.05, 0.1) is 7.11 Å². The first kappa shape index (κ1) is 19.2. The van der Waals surface area contributed by atoms with Gasteiger partial charge >= 0.3 is 5.97 Å². The molecule has 0 aliphatic rings. The molecule has 1 atom stereocenters. The number of carbonyl (C=O) groups excluding carboxylic acids is 2. The zero-order valence-electron chi connectivity index (χ0n) is 11.7. The molecule has 0 fully saturated rings. The van der Waals surface area contributed by atoms with Crippen LogP contribution in [0.2, 0.25) is 0 Å². The molecule has 0 aromatic carbocycles. The molecule has 1 unspecified atom stereocenters. The van der Waals surface area contributed by atoms with Crippen LogP contribution in [0.1, 0.15) is 38.5 Å². The molecule has 0 rings (SSSR count). The average Bonchev–Trinajstić information content (AvgIpc) is 2.40. The third-order valence-electron chi connectivity index (χ3n) is 2.62. The van der Waals surface area contributed by atoms with Crippen LogP contribution in [0.15, 0.2) is 0 Å². The highest BCUT2D eigenvalue weighted by Gasteiger charge is 2.07. The number of thioether (sulfide) groups is 2. The molecule has 0 saturated heterocycles. The zero-order valence-corrected chi connectivity index (χ0v) is 14.3. The van der Waals surface area contributed by atoms with Crippen molar-refractivity contribution in [3.63, 3.8) is 0 Å². The Morgan fingerprint density at radius 1 is 1.16 bits per heavy atom. The van der Waals surface area contributed by atoms with Crippen LogP contribution in [0.3, 0.4) is 0 Å². The summed E-state index contributed by atoms with van der Waals surface area (Å²) >= 11 is 7.62. The Morgan fingerprint density at radius 2 is 1.89 bits per heavy atom. The van der Waals surface area contributed by atoms with E-state index in [9.17, 15) is 9.59 Å². The Hall–Kier alpha value is 0.190. The summed E-state index contributed by atoms with van der Waals surface area (Å²) in [6, 6.07) is 0. The van der Waals surface area contributed by atoms with Crippen LogP contribution in [0, 0.1) is 0 Å². The molecule has 0 bridgehead atoms. The Bertz CT molecular complexity index is 260. The maximum absolute atomic E-state index is 11.4. The summed E-state index contributed by atoms with van der Waals surface area (Å²) < 4.78 is 4.58. The second kappa shape index (κ2) is 13.2. The Balaban J connectivity index is 3.41. The van der Waals surface area contributed by atoms with Crippen molar-refractivity contribution in [2.75, 3.05) is 24.9 Å². The van der Waals surface area contributed by atoms with Crippen molar-refractivity contribution in [1.29, 1.82) is 0 Å². The largest absolute Gasteiger partial charge is 0.469 e. The van der Waals surface area contributed by atoms with Gasteiger partial charge in [-0.05, 0) is 25.5 Å². The Morgan fingerprint density at radius 3 is 2.53 bits per heavy atom. The van der Waals surface area contributed by atoms with E-state index < -0.39 is 0 Å². The fraction of sp³-hybridized carbons (Fsp3) is 0.846. The summed E-state index contributed by atoms with van der Waals surface area (Å²) in [5, 5.41) is 0.596. The SMILES string of the molecule is COC(=O)CCCCC(S)CCSC(=O)CCSC. The molecule has 0 amide bonds. The van der Waals surface area contributed by atoms with Crippen molar-refractivity contribution >= 4 is 47.2 Å². The minimum absolute atomic E-state index is 0.148. The summed E-state index contributed by atoms with van der Waals surface area (Å²) in [5.74, 6) is 1.60. The lowest BCUT2D eigenvalue weighted by Gasteiger charge is -2.09. The van der Waals surface area contributed by atoms with Gasteiger partial charge in [0.1, 0.15) is 0 Å². The number of hydrogen-bond acceptors (Lipinski definition) is 6. The minimum atomic E-state index is -0.148. The van der Waals surface area contributed by atoms with Gasteiger partial charge in [0, 0.05) is 29.6 Å². The molecule has 112 valence electrons. The van der Waals surface area contributed by atoms with Crippen LogP contribution < -0.4 is 0 Å². The highest BCUT2D eigenvalue weighted by Crippen LogP contribution is 2.17. The summed E-state index contributed by atoms with van der Waals surface area (Å²) in [7, 11) is 1.41. The molecular formula is C13H24O3S3. The molecule has 0 heterocycles.